The number of piperidine rings is 1. The fourth-order valence-corrected chi connectivity index (χ4v) is 1.90. The van der Waals surface area contributed by atoms with Gasteiger partial charge in [-0.1, -0.05) is 30.3 Å². The molecule has 1 aromatic rings. The Hall–Kier alpha value is -2.47. The van der Waals surface area contributed by atoms with Crippen LogP contribution in [0.2, 0.25) is 0 Å². The van der Waals surface area contributed by atoms with Crippen LogP contribution in [0, 0.1) is 11.3 Å². The van der Waals surface area contributed by atoms with E-state index in [1.165, 1.54) is 11.6 Å². The maximum Gasteiger partial charge on any atom is 0.317 e. The zero-order valence-corrected chi connectivity index (χ0v) is 13.2. The lowest BCUT2D eigenvalue weighted by Gasteiger charge is -2.26. The number of hydrogen-bond acceptors (Lipinski definition) is 5. The van der Waals surface area contributed by atoms with Gasteiger partial charge in [-0.25, -0.2) is 0 Å². The van der Waals surface area contributed by atoms with Gasteiger partial charge < -0.3 is 27.8 Å². The van der Waals surface area contributed by atoms with Crippen molar-refractivity contribution in [2.45, 2.75) is 32.2 Å². The highest BCUT2D eigenvalue weighted by atomic mass is 16.4. The van der Waals surface area contributed by atoms with Crippen molar-refractivity contribution in [2.75, 3.05) is 6.54 Å². The van der Waals surface area contributed by atoms with Crippen LogP contribution >= 0.6 is 0 Å². The van der Waals surface area contributed by atoms with Gasteiger partial charge in [0.2, 0.25) is 5.91 Å². The number of carboxylic acids is 1. The topological polar surface area (TPSA) is 183 Å². The molecule has 0 bridgehead atoms. The average Bonchev–Trinajstić information content (AvgIpc) is 2.43. The molecule has 1 heterocycles. The molecule has 1 amide bonds. The van der Waals surface area contributed by atoms with E-state index in [2.05, 4.69) is 12.1 Å². The number of carbonyl (C=O) groups excluding carboxylic acids is 1. The molecule has 1 saturated heterocycles. The summed E-state index contributed by atoms with van der Waals surface area (Å²) in [4.78, 5) is 22.9. The number of nitrogens with zero attached hydrogens (tertiary/aromatic N) is 2. The highest BCUT2D eigenvalue weighted by Gasteiger charge is 2.17. The molecule has 0 unspecified atom stereocenters. The van der Waals surface area contributed by atoms with Crippen LogP contribution < -0.4 is 12.3 Å². The molecule has 8 nitrogen and oxygen atoms in total. The fourth-order valence-electron chi connectivity index (χ4n) is 1.90. The summed E-state index contributed by atoms with van der Waals surface area (Å²) in [5.74, 6) is -0.766. The first-order chi connectivity index (χ1) is 9.63. The van der Waals surface area contributed by atoms with Gasteiger partial charge >= 0.3 is 5.97 Å². The molecule has 0 atom stereocenters. The molecular formula is C15H26N4O4. The van der Waals surface area contributed by atoms with Crippen molar-refractivity contribution in [3.63, 3.8) is 0 Å². The Morgan fingerprint density at radius 2 is 1.83 bits per heavy atom. The minimum absolute atomic E-state index is 0. The van der Waals surface area contributed by atoms with Crippen LogP contribution in [0.1, 0.15) is 31.2 Å². The van der Waals surface area contributed by atoms with E-state index in [1.807, 2.05) is 23.1 Å². The van der Waals surface area contributed by atoms with Crippen LogP contribution in [-0.2, 0) is 16.1 Å². The number of nitriles is 1. The number of hydrogen-bond donors (Lipinski definition) is 3. The van der Waals surface area contributed by atoms with Crippen LogP contribution in [0.4, 0.5) is 0 Å². The minimum Gasteiger partial charge on any atom is -0.480 e. The standard InChI is InChI=1S/C12H15NO.C3H3NO2.2H3N.H2O/c14-12-8-4-5-9-13(12)10-11-6-2-1-3-7-11;4-2-1-3(5)6;;;/h1-3,6-7H,4-5,8-10H2;1H2,(H,5,6);2*1H3;1H2. The molecule has 9 N–H and O–H groups in total. The fraction of sp³-hybridized carbons (Fsp3) is 0.400. The van der Waals surface area contributed by atoms with Crippen LogP contribution in [0.3, 0.4) is 0 Å². The number of benzene rings is 1. The number of carbonyl (C=O) groups is 2. The van der Waals surface area contributed by atoms with Crippen LogP contribution in [0.15, 0.2) is 30.3 Å². The smallest absolute Gasteiger partial charge is 0.317 e. The Morgan fingerprint density at radius 3 is 2.26 bits per heavy atom. The molecule has 1 aliphatic rings. The summed E-state index contributed by atoms with van der Waals surface area (Å²) in [6.07, 6.45) is 2.54. The molecule has 1 fully saturated rings. The molecular weight excluding hydrogens is 300 g/mol. The largest absolute Gasteiger partial charge is 0.480 e. The summed E-state index contributed by atoms with van der Waals surface area (Å²) in [6.45, 7) is 1.70. The second kappa shape index (κ2) is 14.5. The van der Waals surface area contributed by atoms with Gasteiger partial charge in [-0.2, -0.15) is 5.26 Å². The average molecular weight is 326 g/mol. The first kappa shape index (κ1) is 25.5. The summed E-state index contributed by atoms with van der Waals surface area (Å²) in [7, 11) is 0. The monoisotopic (exact) mass is 326 g/mol. The molecule has 0 spiro atoms. The summed E-state index contributed by atoms with van der Waals surface area (Å²) in [5.41, 5.74) is 1.22. The van der Waals surface area contributed by atoms with E-state index in [0.29, 0.717) is 5.91 Å². The molecule has 0 saturated carbocycles. The third-order valence-electron chi connectivity index (χ3n) is 2.87. The van der Waals surface area contributed by atoms with Gasteiger partial charge in [0.15, 0.2) is 0 Å². The van der Waals surface area contributed by atoms with E-state index < -0.39 is 12.4 Å². The van der Waals surface area contributed by atoms with E-state index in [9.17, 15) is 9.59 Å². The van der Waals surface area contributed by atoms with Crippen molar-refractivity contribution in [1.82, 2.24) is 17.2 Å². The van der Waals surface area contributed by atoms with E-state index in [1.54, 1.807) is 0 Å². The normalized spacial score (nSPS) is 12.1. The van der Waals surface area contributed by atoms with Crippen molar-refractivity contribution in [2.24, 2.45) is 0 Å². The lowest BCUT2D eigenvalue weighted by Crippen LogP contribution is -2.34. The van der Waals surface area contributed by atoms with Gasteiger partial charge in [-0.05, 0) is 18.4 Å². The predicted molar refractivity (Wildman–Crippen MR) is 87.2 cm³/mol. The second-order valence-corrected chi connectivity index (χ2v) is 4.49. The van der Waals surface area contributed by atoms with Crippen molar-refractivity contribution < 1.29 is 20.2 Å². The SMILES string of the molecule is N.N.N#CCC(=O)O.O.O=C1CCCCN1Cc1ccccc1. The highest BCUT2D eigenvalue weighted by Crippen LogP contribution is 2.13. The van der Waals surface area contributed by atoms with Gasteiger partial charge in [0.1, 0.15) is 6.42 Å². The van der Waals surface area contributed by atoms with E-state index >= 15 is 0 Å². The van der Waals surface area contributed by atoms with E-state index in [4.69, 9.17) is 10.4 Å². The summed E-state index contributed by atoms with van der Waals surface area (Å²) < 4.78 is 0. The zero-order chi connectivity index (χ0) is 14.8. The van der Waals surface area contributed by atoms with Crippen molar-refractivity contribution in [3.8, 4) is 6.07 Å². The van der Waals surface area contributed by atoms with Crippen molar-refractivity contribution in [1.29, 1.82) is 5.26 Å². The summed E-state index contributed by atoms with van der Waals surface area (Å²) in [6, 6.07) is 11.6. The molecule has 0 aliphatic carbocycles. The number of amides is 1. The first-order valence-electron chi connectivity index (χ1n) is 6.54. The summed E-state index contributed by atoms with van der Waals surface area (Å²) in [5, 5.41) is 15.3. The Morgan fingerprint density at radius 1 is 1.22 bits per heavy atom. The number of carboxylic acid groups (broad SMARTS) is 1. The molecule has 23 heavy (non-hydrogen) atoms. The lowest BCUT2D eigenvalue weighted by molar-refractivity contribution is -0.136. The summed E-state index contributed by atoms with van der Waals surface area (Å²) >= 11 is 0. The molecule has 0 radical (unpaired) electrons. The highest BCUT2D eigenvalue weighted by molar-refractivity contribution is 5.76. The Bertz CT molecular complexity index is 488. The maximum absolute atomic E-state index is 11.5. The second-order valence-electron chi connectivity index (χ2n) is 4.49. The minimum atomic E-state index is -1.07. The van der Waals surface area contributed by atoms with Gasteiger partial charge in [0, 0.05) is 19.5 Å². The third kappa shape index (κ3) is 10.8. The maximum atomic E-state index is 11.5. The molecule has 130 valence electrons. The van der Waals surface area contributed by atoms with Crippen molar-refractivity contribution in [3.05, 3.63) is 35.9 Å². The van der Waals surface area contributed by atoms with E-state index in [-0.39, 0.29) is 17.8 Å². The predicted octanol–water partition coefficient (Wildman–Crippen LogP) is 1.68. The third-order valence-corrected chi connectivity index (χ3v) is 2.87. The van der Waals surface area contributed by atoms with Gasteiger partial charge in [-0.15, -0.1) is 0 Å². The molecule has 1 aliphatic heterocycles. The lowest BCUT2D eigenvalue weighted by atomic mass is 10.1. The first-order valence-corrected chi connectivity index (χ1v) is 6.54. The Kier molecular flexibility index (Phi) is 16.0. The number of rotatable bonds is 3. The molecule has 1 aromatic carbocycles. The Labute approximate surface area is 136 Å². The number of likely N-dealkylation sites (tertiary alicyclic amines) is 1. The van der Waals surface area contributed by atoms with Gasteiger partial charge in [-0.3, -0.25) is 9.59 Å². The van der Waals surface area contributed by atoms with Crippen LogP contribution in [0.5, 0.6) is 0 Å². The Balaban J connectivity index is -0.000000392. The van der Waals surface area contributed by atoms with Crippen molar-refractivity contribution >= 4 is 11.9 Å². The van der Waals surface area contributed by atoms with Crippen LogP contribution in [0.25, 0.3) is 0 Å². The number of aliphatic carboxylic acids is 1. The zero-order valence-electron chi connectivity index (χ0n) is 13.2. The van der Waals surface area contributed by atoms with Gasteiger partial charge in [0.05, 0.1) is 6.07 Å². The molecule has 0 aromatic heterocycles. The molecule has 8 heteroatoms. The van der Waals surface area contributed by atoms with Crippen LogP contribution in [-0.4, -0.2) is 33.9 Å². The van der Waals surface area contributed by atoms with Gasteiger partial charge in [0.25, 0.3) is 0 Å². The quantitative estimate of drug-likeness (QED) is 0.758. The van der Waals surface area contributed by atoms with E-state index in [0.717, 1.165) is 32.4 Å². The molecule has 2 rings (SSSR count).